The molecule has 10 heteroatoms. The van der Waals surface area contributed by atoms with Crippen LogP contribution in [0.4, 0.5) is 0 Å². The Labute approximate surface area is 242 Å². The molecule has 39 heavy (non-hydrogen) atoms. The van der Waals surface area contributed by atoms with E-state index < -0.39 is 18.1 Å². The van der Waals surface area contributed by atoms with Crippen LogP contribution in [0.15, 0.2) is 74.8 Å². The van der Waals surface area contributed by atoms with Crippen molar-refractivity contribution in [3.8, 4) is 0 Å². The summed E-state index contributed by atoms with van der Waals surface area (Å²) in [5, 5.41) is 6.06. The predicted molar refractivity (Wildman–Crippen MR) is 155 cm³/mol. The van der Waals surface area contributed by atoms with Gasteiger partial charge in [0.25, 0.3) is 0 Å². The molecule has 0 radical (unpaired) electrons. The number of nitrogens with zero attached hydrogens (tertiary/aromatic N) is 2. The number of hydrogen-bond donors (Lipinski definition) is 1. The van der Waals surface area contributed by atoms with Gasteiger partial charge in [0.2, 0.25) is 0 Å². The standard InChI is InChI=1S/C29H31Cl2N3O4S/c1-19(25-8-6-16-39-25)38-29(35)26-23(18-36-15-13-34-11-3-2-4-12-34)32-28(24-7-5-14-37-24)33-27(26)20-9-10-21(30)22(31)17-20/h5-10,14,16-17,19,27H,2-4,11-13,15,18H2,1H3,(H,32,33). The van der Waals surface area contributed by atoms with E-state index in [1.54, 1.807) is 24.5 Å². The Balaban J connectivity index is 1.46. The van der Waals surface area contributed by atoms with Crippen molar-refractivity contribution in [1.82, 2.24) is 10.2 Å². The molecule has 1 saturated heterocycles. The number of likely N-dealkylation sites (tertiary alicyclic amines) is 1. The molecule has 2 atom stereocenters. The van der Waals surface area contributed by atoms with Gasteiger partial charge >= 0.3 is 5.97 Å². The number of thiophene rings is 1. The van der Waals surface area contributed by atoms with E-state index in [1.807, 2.05) is 36.6 Å². The van der Waals surface area contributed by atoms with E-state index in [4.69, 9.17) is 42.1 Å². The predicted octanol–water partition coefficient (Wildman–Crippen LogP) is 6.80. The molecule has 2 unspecified atom stereocenters. The van der Waals surface area contributed by atoms with Gasteiger partial charge in [-0.2, -0.15) is 0 Å². The zero-order valence-electron chi connectivity index (χ0n) is 21.7. The van der Waals surface area contributed by atoms with Crippen molar-refractivity contribution in [1.29, 1.82) is 0 Å². The third-order valence-corrected chi connectivity index (χ3v) is 8.61. The number of rotatable bonds is 10. The van der Waals surface area contributed by atoms with Crippen LogP contribution in [0.25, 0.3) is 0 Å². The molecule has 1 N–H and O–H groups in total. The average molecular weight is 589 g/mol. The lowest BCUT2D eigenvalue weighted by atomic mass is 9.95. The minimum atomic E-state index is -0.704. The fourth-order valence-electron chi connectivity index (χ4n) is 4.77. The van der Waals surface area contributed by atoms with Crippen LogP contribution in [-0.2, 0) is 14.3 Å². The quantitative estimate of drug-likeness (QED) is 0.207. The summed E-state index contributed by atoms with van der Waals surface area (Å²) < 4.78 is 17.7. The van der Waals surface area contributed by atoms with Crippen LogP contribution < -0.4 is 5.32 Å². The van der Waals surface area contributed by atoms with Crippen LogP contribution in [-0.4, -0.2) is 49.6 Å². The number of carbonyl (C=O) groups excluding carboxylic acids is 1. The molecular formula is C29H31Cl2N3O4S. The zero-order chi connectivity index (χ0) is 27.2. The van der Waals surface area contributed by atoms with Gasteiger partial charge in [-0.25, -0.2) is 4.79 Å². The van der Waals surface area contributed by atoms with E-state index in [0.29, 0.717) is 45.1 Å². The van der Waals surface area contributed by atoms with E-state index in [9.17, 15) is 4.79 Å². The molecule has 5 rings (SSSR count). The van der Waals surface area contributed by atoms with Gasteiger partial charge in [0.05, 0.1) is 40.8 Å². The van der Waals surface area contributed by atoms with Crippen molar-refractivity contribution >= 4 is 46.3 Å². The lowest BCUT2D eigenvalue weighted by molar-refractivity contribution is -0.144. The van der Waals surface area contributed by atoms with E-state index in [2.05, 4.69) is 10.2 Å². The molecule has 0 amide bonds. The number of amidine groups is 1. The Kier molecular flexibility index (Phi) is 9.42. The Morgan fingerprint density at radius 2 is 2.03 bits per heavy atom. The summed E-state index contributed by atoms with van der Waals surface area (Å²) in [6.07, 6.45) is 4.89. The lowest BCUT2D eigenvalue weighted by Crippen LogP contribution is -2.36. The van der Waals surface area contributed by atoms with Crippen molar-refractivity contribution < 1.29 is 18.7 Å². The minimum absolute atomic E-state index is 0.184. The normalized spacial score (nSPS) is 18.9. The lowest BCUT2D eigenvalue weighted by Gasteiger charge is -2.29. The molecule has 4 heterocycles. The number of esters is 1. The Morgan fingerprint density at radius 1 is 1.18 bits per heavy atom. The van der Waals surface area contributed by atoms with Crippen LogP contribution in [0.3, 0.4) is 0 Å². The maximum atomic E-state index is 13.8. The van der Waals surface area contributed by atoms with Crippen LogP contribution in [0.5, 0.6) is 0 Å². The summed E-state index contributed by atoms with van der Waals surface area (Å²) in [7, 11) is 0. The molecule has 2 aromatic heterocycles. The number of halogens is 2. The highest BCUT2D eigenvalue weighted by molar-refractivity contribution is 7.10. The number of benzene rings is 1. The fraction of sp³-hybridized carbons (Fsp3) is 0.379. The summed E-state index contributed by atoms with van der Waals surface area (Å²) in [6.45, 7) is 5.63. The summed E-state index contributed by atoms with van der Waals surface area (Å²) >= 11 is 14.1. The van der Waals surface area contributed by atoms with Crippen LogP contribution in [0.2, 0.25) is 10.0 Å². The highest BCUT2D eigenvalue weighted by Crippen LogP contribution is 2.36. The van der Waals surface area contributed by atoms with Crippen molar-refractivity contribution in [2.24, 2.45) is 4.99 Å². The van der Waals surface area contributed by atoms with Crippen molar-refractivity contribution in [2.75, 3.05) is 32.8 Å². The Morgan fingerprint density at radius 3 is 2.74 bits per heavy atom. The van der Waals surface area contributed by atoms with E-state index in [-0.39, 0.29) is 6.61 Å². The fourth-order valence-corrected chi connectivity index (χ4v) is 5.79. The first-order valence-electron chi connectivity index (χ1n) is 13.1. The SMILES string of the molecule is CC(OC(=O)C1=C(COCCN2CCCCC2)NC(c2ccco2)=NC1c1ccc(Cl)c(Cl)c1)c1cccs1. The summed E-state index contributed by atoms with van der Waals surface area (Å²) in [5.41, 5.74) is 1.65. The molecular weight excluding hydrogens is 557 g/mol. The van der Waals surface area contributed by atoms with E-state index >= 15 is 0 Å². The molecule has 0 spiro atoms. The van der Waals surface area contributed by atoms with E-state index in [1.165, 1.54) is 30.6 Å². The van der Waals surface area contributed by atoms with Gasteiger partial charge in [-0.1, -0.05) is 41.8 Å². The first-order valence-corrected chi connectivity index (χ1v) is 14.7. The second-order valence-electron chi connectivity index (χ2n) is 9.57. The monoisotopic (exact) mass is 587 g/mol. The van der Waals surface area contributed by atoms with Crippen molar-refractivity contribution in [3.63, 3.8) is 0 Å². The van der Waals surface area contributed by atoms with Gasteiger partial charge in [0.15, 0.2) is 11.6 Å². The topological polar surface area (TPSA) is 76.3 Å². The molecule has 3 aromatic rings. The van der Waals surface area contributed by atoms with Gasteiger partial charge in [0, 0.05) is 11.4 Å². The average Bonchev–Trinajstić information content (AvgIpc) is 3.68. The largest absolute Gasteiger partial charge is 0.461 e. The third-order valence-electron chi connectivity index (χ3n) is 6.83. The maximum Gasteiger partial charge on any atom is 0.339 e. The number of nitrogens with one attached hydrogen (secondary N) is 1. The number of hydrogen-bond acceptors (Lipinski definition) is 8. The number of piperidine rings is 1. The van der Waals surface area contributed by atoms with Crippen LogP contribution in [0, 0.1) is 0 Å². The third kappa shape index (κ3) is 6.94. The summed E-state index contributed by atoms with van der Waals surface area (Å²) in [5.74, 6) is 0.565. The zero-order valence-corrected chi connectivity index (χ0v) is 24.0. The number of carbonyl (C=O) groups is 1. The Bertz CT molecular complexity index is 1320. The first kappa shape index (κ1) is 27.9. The maximum absolute atomic E-state index is 13.8. The molecule has 0 bridgehead atoms. The van der Waals surface area contributed by atoms with E-state index in [0.717, 1.165) is 24.5 Å². The highest BCUT2D eigenvalue weighted by Gasteiger charge is 2.34. The van der Waals surface area contributed by atoms with Crippen LogP contribution in [0.1, 0.15) is 54.5 Å². The molecule has 7 nitrogen and oxygen atoms in total. The van der Waals surface area contributed by atoms with Gasteiger partial charge in [-0.15, -0.1) is 11.3 Å². The second-order valence-corrected chi connectivity index (χ2v) is 11.4. The van der Waals surface area contributed by atoms with Gasteiger partial charge in [-0.05, 0) is 74.1 Å². The smallest absolute Gasteiger partial charge is 0.339 e. The van der Waals surface area contributed by atoms with Gasteiger partial charge < -0.3 is 24.1 Å². The molecule has 2 aliphatic heterocycles. The van der Waals surface area contributed by atoms with Crippen molar-refractivity contribution in [3.05, 3.63) is 91.6 Å². The summed E-state index contributed by atoms with van der Waals surface area (Å²) in [6, 6.07) is 12.0. The van der Waals surface area contributed by atoms with Gasteiger partial charge in [-0.3, -0.25) is 4.99 Å². The molecule has 2 aliphatic rings. The van der Waals surface area contributed by atoms with Gasteiger partial charge in [0.1, 0.15) is 12.1 Å². The molecule has 1 fully saturated rings. The Hall–Kier alpha value is -2.62. The number of aliphatic imine (C=N–C) groups is 1. The first-order chi connectivity index (χ1) is 19.0. The minimum Gasteiger partial charge on any atom is -0.461 e. The second kappa shape index (κ2) is 13.2. The number of ether oxygens (including phenoxy) is 2. The molecule has 0 aliphatic carbocycles. The molecule has 0 saturated carbocycles. The molecule has 206 valence electrons. The summed E-state index contributed by atoms with van der Waals surface area (Å²) in [4.78, 5) is 22.0. The number of furan rings is 1. The highest BCUT2D eigenvalue weighted by atomic mass is 35.5. The van der Waals surface area contributed by atoms with Crippen molar-refractivity contribution in [2.45, 2.75) is 38.3 Å². The molecule has 1 aromatic carbocycles. The van der Waals surface area contributed by atoms with Crippen LogP contribution >= 0.6 is 34.5 Å².